The van der Waals surface area contributed by atoms with E-state index in [1.165, 1.54) is 6.42 Å². The third-order valence-corrected chi connectivity index (χ3v) is 0.754. The van der Waals surface area contributed by atoms with Crippen molar-refractivity contribution in [3.63, 3.8) is 0 Å². The Balaban J connectivity index is 0.000000187. The Morgan fingerprint density at radius 3 is 1.56 bits per heavy atom. The lowest BCUT2D eigenvalue weighted by Gasteiger charge is -1.79. The molecule has 9 heavy (non-hydrogen) atoms. The largest absolute Gasteiger partial charge is 0.357 e. The van der Waals surface area contributed by atoms with Crippen LogP contribution in [0.15, 0.2) is 24.5 Å². The van der Waals surface area contributed by atoms with Gasteiger partial charge < -0.3 is 4.57 Å². The minimum absolute atomic E-state index is 1.25. The molecule has 0 spiro atoms. The Bertz CT molecular complexity index is 119. The van der Waals surface area contributed by atoms with Gasteiger partial charge in [0.2, 0.25) is 0 Å². The van der Waals surface area contributed by atoms with Crippen LogP contribution in [0.2, 0.25) is 0 Å². The summed E-state index contributed by atoms with van der Waals surface area (Å²) in [6.07, 6.45) is 5.25. The van der Waals surface area contributed by atoms with Crippen LogP contribution in [0.5, 0.6) is 0 Å². The summed E-state index contributed by atoms with van der Waals surface area (Å²) in [4.78, 5) is 0. The van der Waals surface area contributed by atoms with E-state index < -0.39 is 0 Å². The van der Waals surface area contributed by atoms with Gasteiger partial charge in [-0.2, -0.15) is 0 Å². The first-order valence-corrected chi connectivity index (χ1v) is 3.38. The van der Waals surface area contributed by atoms with E-state index in [4.69, 9.17) is 0 Å². The van der Waals surface area contributed by atoms with E-state index >= 15 is 0 Å². The molecule has 0 aromatic carbocycles. The second kappa shape index (κ2) is 5.42. The standard InChI is InChI=1S/C5H7N.C3H8/c1-6-4-2-3-5-6;1-3-2/h2-5H,1H3;3H2,1-2H3. The minimum atomic E-state index is 1.25. The molecule has 1 rings (SSSR count). The fourth-order valence-corrected chi connectivity index (χ4v) is 0.421. The molecule has 0 aliphatic rings. The fourth-order valence-electron chi connectivity index (χ4n) is 0.421. The van der Waals surface area contributed by atoms with Gasteiger partial charge in [0.05, 0.1) is 0 Å². The van der Waals surface area contributed by atoms with Crippen LogP contribution in [-0.4, -0.2) is 4.57 Å². The lowest BCUT2D eigenvalue weighted by atomic mass is 10.6. The van der Waals surface area contributed by atoms with E-state index in [0.717, 1.165) is 0 Å². The quantitative estimate of drug-likeness (QED) is 0.502. The summed E-state index contributed by atoms with van der Waals surface area (Å²) in [5.74, 6) is 0. The molecule has 0 radical (unpaired) electrons. The molecule has 0 fully saturated rings. The van der Waals surface area contributed by atoms with Crippen molar-refractivity contribution in [2.75, 3.05) is 0 Å². The SMILES string of the molecule is CCC.Cn1cccc1. The first-order chi connectivity index (χ1) is 4.31. The number of hydrogen-bond acceptors (Lipinski definition) is 0. The molecule has 1 heteroatoms. The van der Waals surface area contributed by atoms with Crippen molar-refractivity contribution < 1.29 is 0 Å². The number of aromatic nitrogens is 1. The van der Waals surface area contributed by atoms with Crippen molar-refractivity contribution >= 4 is 0 Å². The van der Waals surface area contributed by atoms with E-state index in [1.807, 2.05) is 36.1 Å². The van der Waals surface area contributed by atoms with Gasteiger partial charge in [-0.05, 0) is 12.1 Å². The number of rotatable bonds is 0. The highest BCUT2D eigenvalue weighted by Gasteiger charge is 1.68. The predicted molar refractivity (Wildman–Crippen MR) is 41.4 cm³/mol. The first-order valence-electron chi connectivity index (χ1n) is 3.38. The minimum Gasteiger partial charge on any atom is -0.357 e. The van der Waals surface area contributed by atoms with E-state index in [2.05, 4.69) is 13.8 Å². The van der Waals surface area contributed by atoms with Crippen LogP contribution in [0.1, 0.15) is 20.3 Å². The van der Waals surface area contributed by atoms with E-state index in [1.54, 1.807) is 0 Å². The summed E-state index contributed by atoms with van der Waals surface area (Å²) < 4.78 is 2.00. The summed E-state index contributed by atoms with van der Waals surface area (Å²) in [5, 5.41) is 0. The van der Waals surface area contributed by atoms with Crippen LogP contribution in [0.3, 0.4) is 0 Å². The van der Waals surface area contributed by atoms with Gasteiger partial charge in [-0.25, -0.2) is 0 Å². The Morgan fingerprint density at radius 1 is 1.11 bits per heavy atom. The predicted octanol–water partition coefficient (Wildman–Crippen LogP) is 2.44. The van der Waals surface area contributed by atoms with Crippen molar-refractivity contribution in [3.05, 3.63) is 24.5 Å². The van der Waals surface area contributed by atoms with Crippen molar-refractivity contribution in [3.8, 4) is 0 Å². The van der Waals surface area contributed by atoms with E-state index in [9.17, 15) is 0 Å². The molecule has 0 N–H and O–H groups in total. The fraction of sp³-hybridized carbons (Fsp3) is 0.500. The normalized spacial score (nSPS) is 7.89. The van der Waals surface area contributed by atoms with Gasteiger partial charge in [-0.1, -0.05) is 20.3 Å². The summed E-state index contributed by atoms with van der Waals surface area (Å²) in [7, 11) is 2.00. The van der Waals surface area contributed by atoms with E-state index in [0.29, 0.717) is 0 Å². The van der Waals surface area contributed by atoms with Crippen molar-refractivity contribution in [1.29, 1.82) is 0 Å². The molecule has 0 atom stereocenters. The van der Waals surface area contributed by atoms with Crippen molar-refractivity contribution in [1.82, 2.24) is 4.57 Å². The second-order valence-corrected chi connectivity index (χ2v) is 2.06. The van der Waals surface area contributed by atoms with Crippen LogP contribution in [0, 0.1) is 0 Å². The van der Waals surface area contributed by atoms with Crippen molar-refractivity contribution in [2.24, 2.45) is 7.05 Å². The van der Waals surface area contributed by atoms with Gasteiger partial charge in [0, 0.05) is 19.4 Å². The third-order valence-electron chi connectivity index (χ3n) is 0.754. The highest BCUT2D eigenvalue weighted by molar-refractivity contribution is 4.88. The molecule has 52 valence electrons. The number of hydrogen-bond donors (Lipinski definition) is 0. The molecule has 0 aliphatic carbocycles. The summed E-state index contributed by atoms with van der Waals surface area (Å²) in [6, 6.07) is 4.00. The lowest BCUT2D eigenvalue weighted by molar-refractivity contribution is 0.928. The van der Waals surface area contributed by atoms with Crippen LogP contribution in [0.25, 0.3) is 0 Å². The first kappa shape index (κ1) is 8.28. The van der Waals surface area contributed by atoms with Gasteiger partial charge in [-0.15, -0.1) is 0 Å². The average molecular weight is 125 g/mol. The number of nitrogens with zero attached hydrogens (tertiary/aromatic N) is 1. The molecule has 0 saturated heterocycles. The second-order valence-electron chi connectivity index (χ2n) is 2.06. The third kappa shape index (κ3) is 5.15. The molecule has 1 nitrogen and oxygen atoms in total. The number of aryl methyl sites for hydroxylation is 1. The van der Waals surface area contributed by atoms with Crippen LogP contribution in [-0.2, 0) is 7.05 Å². The zero-order chi connectivity index (χ0) is 7.11. The van der Waals surface area contributed by atoms with Gasteiger partial charge >= 0.3 is 0 Å². The molecule has 1 aromatic heterocycles. The maximum atomic E-state index is 2.12. The molecule has 0 unspecified atom stereocenters. The van der Waals surface area contributed by atoms with Crippen LogP contribution in [0.4, 0.5) is 0 Å². The maximum absolute atomic E-state index is 2.12. The molecule has 1 aromatic rings. The smallest absolute Gasteiger partial charge is 0.0106 e. The molecular formula is C8H15N. The van der Waals surface area contributed by atoms with E-state index in [-0.39, 0.29) is 0 Å². The average Bonchev–Trinajstić information content (AvgIpc) is 2.20. The van der Waals surface area contributed by atoms with Gasteiger partial charge in [0.25, 0.3) is 0 Å². The Labute approximate surface area is 57.3 Å². The topological polar surface area (TPSA) is 4.93 Å². The lowest BCUT2D eigenvalue weighted by Crippen LogP contribution is -1.75. The van der Waals surface area contributed by atoms with Crippen molar-refractivity contribution in [2.45, 2.75) is 20.3 Å². The molecular weight excluding hydrogens is 110 g/mol. The maximum Gasteiger partial charge on any atom is 0.0106 e. The summed E-state index contributed by atoms with van der Waals surface area (Å²) >= 11 is 0. The Kier molecular flexibility index (Phi) is 4.98. The van der Waals surface area contributed by atoms with Gasteiger partial charge in [0.1, 0.15) is 0 Å². The highest BCUT2D eigenvalue weighted by atomic mass is 14.9. The molecule has 0 saturated carbocycles. The van der Waals surface area contributed by atoms with Gasteiger partial charge in [0.15, 0.2) is 0 Å². The zero-order valence-electron chi connectivity index (χ0n) is 6.46. The highest BCUT2D eigenvalue weighted by Crippen LogP contribution is 1.80. The summed E-state index contributed by atoms with van der Waals surface area (Å²) in [5.41, 5.74) is 0. The Hall–Kier alpha value is -0.720. The summed E-state index contributed by atoms with van der Waals surface area (Å²) in [6.45, 7) is 4.25. The van der Waals surface area contributed by atoms with Crippen LogP contribution >= 0.6 is 0 Å². The molecule has 0 amide bonds. The van der Waals surface area contributed by atoms with Crippen LogP contribution < -0.4 is 0 Å². The molecule has 1 heterocycles. The van der Waals surface area contributed by atoms with Gasteiger partial charge in [-0.3, -0.25) is 0 Å². The monoisotopic (exact) mass is 125 g/mol. The zero-order valence-corrected chi connectivity index (χ0v) is 6.46. The Morgan fingerprint density at radius 2 is 1.44 bits per heavy atom. The molecule has 0 aliphatic heterocycles. The molecule has 0 bridgehead atoms.